The van der Waals surface area contributed by atoms with Crippen LogP contribution >= 0.6 is 0 Å². The standard InChI is InChI=1S/C18H18O6/c1-22-13-6-4-12(5-7-13)14(18(20)21)8-11-9-15(23-2)17(19)16(10-11)24-3/h4-10,19H,1-3H3,(H,20,21). The van der Waals surface area contributed by atoms with E-state index in [0.717, 1.165) is 0 Å². The Kier molecular flexibility index (Phi) is 5.31. The van der Waals surface area contributed by atoms with Crippen molar-refractivity contribution in [3.8, 4) is 23.0 Å². The Hall–Kier alpha value is -3.15. The van der Waals surface area contributed by atoms with Gasteiger partial charge in [-0.05, 0) is 41.5 Å². The molecule has 2 N–H and O–H groups in total. The Labute approximate surface area is 139 Å². The summed E-state index contributed by atoms with van der Waals surface area (Å²) in [5, 5.41) is 19.4. The molecule has 0 aliphatic heterocycles. The second kappa shape index (κ2) is 7.41. The van der Waals surface area contributed by atoms with Gasteiger partial charge in [0.15, 0.2) is 11.5 Å². The van der Waals surface area contributed by atoms with Gasteiger partial charge >= 0.3 is 5.97 Å². The number of carboxylic acid groups (broad SMARTS) is 1. The molecule has 0 heterocycles. The minimum absolute atomic E-state index is 0.0902. The Bertz CT molecular complexity index is 737. The van der Waals surface area contributed by atoms with Gasteiger partial charge in [0, 0.05) is 0 Å². The summed E-state index contributed by atoms with van der Waals surface area (Å²) in [5.41, 5.74) is 1.14. The van der Waals surface area contributed by atoms with E-state index in [1.165, 1.54) is 39.5 Å². The molecule has 0 atom stereocenters. The van der Waals surface area contributed by atoms with Gasteiger partial charge in [-0.15, -0.1) is 0 Å². The van der Waals surface area contributed by atoms with Gasteiger partial charge in [-0.3, -0.25) is 0 Å². The highest BCUT2D eigenvalue weighted by atomic mass is 16.5. The lowest BCUT2D eigenvalue weighted by atomic mass is 10.0. The maximum Gasteiger partial charge on any atom is 0.336 e. The monoisotopic (exact) mass is 330 g/mol. The minimum atomic E-state index is -1.08. The number of rotatable bonds is 6. The van der Waals surface area contributed by atoms with E-state index in [9.17, 15) is 15.0 Å². The van der Waals surface area contributed by atoms with Crippen LogP contribution in [0.1, 0.15) is 11.1 Å². The number of hydrogen-bond donors (Lipinski definition) is 2. The molecule has 0 aliphatic carbocycles. The zero-order chi connectivity index (χ0) is 17.7. The first-order valence-electron chi connectivity index (χ1n) is 7.04. The van der Waals surface area contributed by atoms with E-state index in [2.05, 4.69) is 0 Å². The Morgan fingerprint density at radius 3 is 1.92 bits per heavy atom. The van der Waals surface area contributed by atoms with Crippen LogP contribution in [0.25, 0.3) is 11.6 Å². The molecular formula is C18H18O6. The minimum Gasteiger partial charge on any atom is -0.502 e. The highest BCUT2D eigenvalue weighted by Gasteiger charge is 2.14. The predicted octanol–water partition coefficient (Wildman–Crippen LogP) is 3.04. The molecule has 24 heavy (non-hydrogen) atoms. The van der Waals surface area contributed by atoms with Gasteiger partial charge in [0.2, 0.25) is 5.75 Å². The van der Waals surface area contributed by atoms with E-state index in [-0.39, 0.29) is 22.8 Å². The number of carboxylic acids is 1. The molecule has 126 valence electrons. The number of carbonyl (C=O) groups is 1. The first kappa shape index (κ1) is 17.2. The van der Waals surface area contributed by atoms with Crippen LogP contribution in [0.2, 0.25) is 0 Å². The highest BCUT2D eigenvalue weighted by Crippen LogP contribution is 2.38. The van der Waals surface area contributed by atoms with Gasteiger partial charge in [-0.25, -0.2) is 4.79 Å². The second-order valence-electron chi connectivity index (χ2n) is 4.87. The normalized spacial score (nSPS) is 11.0. The van der Waals surface area contributed by atoms with Crippen molar-refractivity contribution in [3.63, 3.8) is 0 Å². The molecule has 0 amide bonds. The van der Waals surface area contributed by atoms with Crippen LogP contribution in [0.5, 0.6) is 23.0 Å². The maximum atomic E-state index is 11.6. The van der Waals surface area contributed by atoms with Crippen LogP contribution in [-0.4, -0.2) is 37.5 Å². The number of methoxy groups -OCH3 is 3. The van der Waals surface area contributed by atoms with Crippen LogP contribution in [0.4, 0.5) is 0 Å². The average Bonchev–Trinajstić information content (AvgIpc) is 2.60. The Balaban J connectivity index is 2.53. The van der Waals surface area contributed by atoms with E-state index in [4.69, 9.17) is 14.2 Å². The number of hydrogen-bond acceptors (Lipinski definition) is 5. The third kappa shape index (κ3) is 3.60. The van der Waals surface area contributed by atoms with E-state index >= 15 is 0 Å². The van der Waals surface area contributed by atoms with E-state index in [1.807, 2.05) is 0 Å². The molecule has 0 fully saturated rings. The van der Waals surface area contributed by atoms with Crippen molar-refractivity contribution in [2.75, 3.05) is 21.3 Å². The summed E-state index contributed by atoms with van der Waals surface area (Å²) in [7, 11) is 4.35. The molecule has 2 rings (SSSR count). The molecule has 0 aliphatic rings. The van der Waals surface area contributed by atoms with Gasteiger partial charge in [0.1, 0.15) is 5.75 Å². The Morgan fingerprint density at radius 1 is 0.958 bits per heavy atom. The largest absolute Gasteiger partial charge is 0.502 e. The molecular weight excluding hydrogens is 312 g/mol. The Morgan fingerprint density at radius 2 is 1.50 bits per heavy atom. The summed E-state index contributed by atoms with van der Waals surface area (Å²) < 4.78 is 15.2. The fraction of sp³-hybridized carbons (Fsp3) is 0.167. The molecule has 0 unspecified atom stereocenters. The van der Waals surface area contributed by atoms with Crippen molar-refractivity contribution in [2.45, 2.75) is 0 Å². The smallest absolute Gasteiger partial charge is 0.336 e. The number of benzene rings is 2. The van der Waals surface area contributed by atoms with E-state index in [1.54, 1.807) is 24.3 Å². The van der Waals surface area contributed by atoms with Crippen LogP contribution in [-0.2, 0) is 4.79 Å². The van der Waals surface area contributed by atoms with E-state index in [0.29, 0.717) is 16.9 Å². The highest BCUT2D eigenvalue weighted by molar-refractivity contribution is 6.20. The van der Waals surface area contributed by atoms with Crippen molar-refractivity contribution in [1.29, 1.82) is 0 Å². The van der Waals surface area contributed by atoms with Crippen molar-refractivity contribution in [3.05, 3.63) is 47.5 Å². The number of ether oxygens (including phenoxy) is 3. The van der Waals surface area contributed by atoms with Gasteiger partial charge in [-0.1, -0.05) is 12.1 Å². The van der Waals surface area contributed by atoms with Crippen LogP contribution < -0.4 is 14.2 Å². The van der Waals surface area contributed by atoms with Crippen molar-refractivity contribution >= 4 is 17.6 Å². The lowest BCUT2D eigenvalue weighted by molar-refractivity contribution is -0.130. The third-order valence-corrected chi connectivity index (χ3v) is 3.44. The molecule has 2 aromatic rings. The summed E-state index contributed by atoms with van der Waals surface area (Å²) in [6, 6.07) is 9.75. The molecule has 0 radical (unpaired) electrons. The summed E-state index contributed by atoms with van der Waals surface area (Å²) in [5.74, 6) is -0.193. The first-order chi connectivity index (χ1) is 11.5. The fourth-order valence-corrected chi connectivity index (χ4v) is 2.20. The molecule has 2 aromatic carbocycles. The predicted molar refractivity (Wildman–Crippen MR) is 89.7 cm³/mol. The molecule has 6 nitrogen and oxygen atoms in total. The zero-order valence-corrected chi connectivity index (χ0v) is 13.6. The van der Waals surface area contributed by atoms with Crippen molar-refractivity contribution < 1.29 is 29.2 Å². The molecule has 0 saturated carbocycles. The van der Waals surface area contributed by atoms with Crippen molar-refractivity contribution in [1.82, 2.24) is 0 Å². The second-order valence-corrected chi connectivity index (χ2v) is 4.87. The van der Waals surface area contributed by atoms with Crippen LogP contribution in [0, 0.1) is 0 Å². The molecule has 0 spiro atoms. The average molecular weight is 330 g/mol. The molecule has 0 bridgehead atoms. The number of aliphatic carboxylic acids is 1. The molecule has 6 heteroatoms. The zero-order valence-electron chi connectivity index (χ0n) is 13.6. The van der Waals surface area contributed by atoms with E-state index < -0.39 is 5.97 Å². The lowest BCUT2D eigenvalue weighted by Crippen LogP contribution is -2.00. The topological polar surface area (TPSA) is 85.2 Å². The van der Waals surface area contributed by atoms with Crippen molar-refractivity contribution in [2.24, 2.45) is 0 Å². The summed E-state index contributed by atoms with van der Waals surface area (Å²) in [6.45, 7) is 0. The van der Waals surface area contributed by atoms with Gasteiger partial charge in [0.05, 0.1) is 26.9 Å². The fourth-order valence-electron chi connectivity index (χ4n) is 2.20. The van der Waals surface area contributed by atoms with Gasteiger partial charge < -0.3 is 24.4 Å². The first-order valence-corrected chi connectivity index (χ1v) is 7.04. The summed E-state index contributed by atoms with van der Waals surface area (Å²) in [6.07, 6.45) is 1.48. The number of phenols is 1. The van der Waals surface area contributed by atoms with Crippen LogP contribution in [0.3, 0.4) is 0 Å². The molecule has 0 aromatic heterocycles. The third-order valence-electron chi connectivity index (χ3n) is 3.44. The SMILES string of the molecule is COc1ccc(C(=Cc2cc(OC)c(O)c(OC)c2)C(=O)O)cc1. The van der Waals surface area contributed by atoms with Crippen LogP contribution in [0.15, 0.2) is 36.4 Å². The quantitative estimate of drug-likeness (QED) is 0.625. The maximum absolute atomic E-state index is 11.6. The lowest BCUT2D eigenvalue weighted by Gasteiger charge is -2.10. The number of aromatic hydroxyl groups is 1. The summed E-state index contributed by atoms with van der Waals surface area (Å²) >= 11 is 0. The summed E-state index contributed by atoms with van der Waals surface area (Å²) in [4.78, 5) is 11.6. The van der Waals surface area contributed by atoms with Gasteiger partial charge in [-0.2, -0.15) is 0 Å². The van der Waals surface area contributed by atoms with Gasteiger partial charge in [0.25, 0.3) is 0 Å². The molecule has 0 saturated heterocycles. The number of phenolic OH excluding ortho intramolecular Hbond substituents is 1.